The summed E-state index contributed by atoms with van der Waals surface area (Å²) in [5.74, 6) is 0.419. The van der Waals surface area contributed by atoms with Crippen molar-refractivity contribution in [1.82, 2.24) is 0 Å². The lowest BCUT2D eigenvalue weighted by Gasteiger charge is -2.16. The minimum Gasteiger partial charge on any atom is -0.495 e. The largest absolute Gasteiger partial charge is 0.495 e. The van der Waals surface area contributed by atoms with Crippen molar-refractivity contribution in [1.29, 1.82) is 5.26 Å². The molecule has 0 radical (unpaired) electrons. The fourth-order valence-corrected chi connectivity index (χ4v) is 1.20. The molecule has 0 aliphatic rings. The van der Waals surface area contributed by atoms with Crippen LogP contribution >= 0.6 is 12.8 Å². The number of anilines is 1. The van der Waals surface area contributed by atoms with E-state index in [1.54, 1.807) is 12.1 Å². The van der Waals surface area contributed by atoms with Crippen molar-refractivity contribution in [3.05, 3.63) is 23.8 Å². The van der Waals surface area contributed by atoms with E-state index in [-0.39, 0.29) is 0 Å². The van der Waals surface area contributed by atoms with Gasteiger partial charge in [0.15, 0.2) is 0 Å². The summed E-state index contributed by atoms with van der Waals surface area (Å²) >= 11 is 3.89. The van der Waals surface area contributed by atoms with Gasteiger partial charge in [0.1, 0.15) is 11.4 Å². The molecule has 0 saturated carbocycles. The van der Waals surface area contributed by atoms with Gasteiger partial charge >= 0.3 is 6.03 Å². The van der Waals surface area contributed by atoms with Gasteiger partial charge in [0.25, 0.3) is 0 Å². The van der Waals surface area contributed by atoms with Gasteiger partial charge in [-0.3, -0.25) is 0 Å². The third-order valence-corrected chi connectivity index (χ3v) is 2.16. The summed E-state index contributed by atoms with van der Waals surface area (Å²) in [4.78, 5) is 10.9. The van der Waals surface area contributed by atoms with Crippen molar-refractivity contribution in [2.45, 2.75) is 0 Å². The first-order chi connectivity index (χ1) is 7.10. The van der Waals surface area contributed by atoms with Crippen molar-refractivity contribution in [2.24, 2.45) is 5.73 Å². The Balaban J connectivity index is 3.24. The first kappa shape index (κ1) is 11.2. The van der Waals surface area contributed by atoms with Crippen LogP contribution in [-0.2, 0) is 0 Å². The molecule has 0 aromatic heterocycles. The maximum Gasteiger partial charge on any atom is 0.329 e. The fraction of sp³-hybridized carbons (Fsp3) is 0.111. The van der Waals surface area contributed by atoms with Crippen molar-refractivity contribution in [3.8, 4) is 11.8 Å². The maximum atomic E-state index is 10.9. The number of hydrogen-bond donors (Lipinski definition) is 2. The second-order valence-corrected chi connectivity index (χ2v) is 3.05. The molecule has 0 heterocycles. The minimum absolute atomic E-state index is 0.340. The minimum atomic E-state index is -0.744. The smallest absolute Gasteiger partial charge is 0.329 e. The Morgan fingerprint density at radius 2 is 2.33 bits per heavy atom. The van der Waals surface area contributed by atoms with Crippen molar-refractivity contribution in [3.63, 3.8) is 0 Å². The zero-order chi connectivity index (χ0) is 11.4. The number of carbonyl (C=O) groups is 1. The van der Waals surface area contributed by atoms with Gasteiger partial charge in [-0.1, -0.05) is 12.8 Å². The molecular formula is C9H9N3O2S. The van der Waals surface area contributed by atoms with E-state index in [2.05, 4.69) is 12.8 Å². The summed E-state index contributed by atoms with van der Waals surface area (Å²) in [7, 11) is 1.45. The Kier molecular flexibility index (Phi) is 3.42. The second-order valence-electron chi connectivity index (χ2n) is 2.65. The maximum absolute atomic E-state index is 10.9. The number of thiol groups is 1. The van der Waals surface area contributed by atoms with Crippen molar-refractivity contribution in [2.75, 3.05) is 11.4 Å². The van der Waals surface area contributed by atoms with E-state index in [9.17, 15) is 4.79 Å². The lowest BCUT2D eigenvalue weighted by atomic mass is 10.2. The Morgan fingerprint density at radius 1 is 1.67 bits per heavy atom. The number of ether oxygens (including phenoxy) is 1. The highest BCUT2D eigenvalue weighted by atomic mass is 32.1. The zero-order valence-corrected chi connectivity index (χ0v) is 8.86. The van der Waals surface area contributed by atoms with Crippen molar-refractivity contribution >= 4 is 24.5 Å². The number of rotatable bonds is 2. The Bertz CT molecular complexity index is 428. The van der Waals surface area contributed by atoms with E-state index in [1.165, 1.54) is 13.2 Å². The van der Waals surface area contributed by atoms with Gasteiger partial charge in [-0.15, -0.1) is 0 Å². The van der Waals surface area contributed by atoms with Gasteiger partial charge in [0.2, 0.25) is 0 Å². The molecule has 0 unspecified atom stereocenters. The summed E-state index contributed by atoms with van der Waals surface area (Å²) in [5.41, 5.74) is 5.79. The van der Waals surface area contributed by atoms with E-state index in [0.29, 0.717) is 17.0 Å². The van der Waals surface area contributed by atoms with Crippen LogP contribution in [0.5, 0.6) is 5.75 Å². The van der Waals surface area contributed by atoms with Crippen LogP contribution in [0.2, 0.25) is 0 Å². The average molecular weight is 223 g/mol. The molecule has 78 valence electrons. The standard InChI is InChI=1S/C9H9N3O2S/c1-14-8-3-2-6(5-10)4-7(8)12(15)9(11)13/h2-4,15H,1H3,(H2,11,13). The Hall–Kier alpha value is -1.87. The molecule has 1 aromatic carbocycles. The summed E-state index contributed by atoms with van der Waals surface area (Å²) in [6.45, 7) is 0. The van der Waals surface area contributed by atoms with Crippen LogP contribution in [0.25, 0.3) is 0 Å². The van der Waals surface area contributed by atoms with Gasteiger partial charge in [-0.05, 0) is 18.2 Å². The molecular weight excluding hydrogens is 214 g/mol. The van der Waals surface area contributed by atoms with Gasteiger partial charge < -0.3 is 10.5 Å². The molecule has 0 fully saturated rings. The highest BCUT2D eigenvalue weighted by molar-refractivity contribution is 7.82. The number of nitrogens with two attached hydrogens (primary N) is 1. The van der Waals surface area contributed by atoms with E-state index < -0.39 is 6.03 Å². The number of nitrogens with zero attached hydrogens (tertiary/aromatic N) is 2. The lowest BCUT2D eigenvalue weighted by Crippen LogP contribution is -2.27. The zero-order valence-electron chi connectivity index (χ0n) is 7.97. The SMILES string of the molecule is COc1ccc(C#N)cc1N(S)C(N)=O. The average Bonchev–Trinajstić information content (AvgIpc) is 2.27. The molecule has 6 heteroatoms. The van der Waals surface area contributed by atoms with Crippen LogP contribution in [0.1, 0.15) is 5.56 Å². The predicted molar refractivity (Wildman–Crippen MR) is 58.8 cm³/mol. The third-order valence-electron chi connectivity index (χ3n) is 1.74. The molecule has 2 amide bonds. The highest BCUT2D eigenvalue weighted by Crippen LogP contribution is 2.30. The Labute approximate surface area is 92.6 Å². The molecule has 2 N–H and O–H groups in total. The molecule has 1 rings (SSSR count). The number of carbonyl (C=O) groups excluding carboxylic acids is 1. The molecule has 1 aromatic rings. The van der Waals surface area contributed by atoms with E-state index in [1.807, 2.05) is 6.07 Å². The summed E-state index contributed by atoms with van der Waals surface area (Å²) in [5, 5.41) is 8.70. The van der Waals surface area contributed by atoms with E-state index >= 15 is 0 Å². The van der Waals surface area contributed by atoms with Crippen LogP contribution in [0, 0.1) is 11.3 Å². The summed E-state index contributed by atoms with van der Waals surface area (Å²) in [6, 6.07) is 5.81. The molecule has 0 spiro atoms. The van der Waals surface area contributed by atoms with Crippen LogP contribution in [0.4, 0.5) is 10.5 Å². The van der Waals surface area contributed by atoms with Crippen LogP contribution < -0.4 is 14.8 Å². The van der Waals surface area contributed by atoms with Gasteiger partial charge in [0, 0.05) is 0 Å². The summed E-state index contributed by atoms with van der Waals surface area (Å²) < 4.78 is 5.92. The van der Waals surface area contributed by atoms with Crippen LogP contribution in [-0.4, -0.2) is 13.1 Å². The van der Waals surface area contributed by atoms with Crippen LogP contribution in [0.3, 0.4) is 0 Å². The van der Waals surface area contributed by atoms with Crippen molar-refractivity contribution < 1.29 is 9.53 Å². The first-order valence-corrected chi connectivity index (χ1v) is 4.36. The Morgan fingerprint density at radius 3 is 2.80 bits per heavy atom. The number of amides is 2. The molecule has 0 saturated heterocycles. The lowest BCUT2D eigenvalue weighted by molar-refractivity contribution is 0.257. The normalized spacial score (nSPS) is 9.13. The molecule has 0 bridgehead atoms. The van der Waals surface area contributed by atoms with Crippen LogP contribution in [0.15, 0.2) is 18.2 Å². The van der Waals surface area contributed by atoms with Gasteiger partial charge in [-0.2, -0.15) is 5.26 Å². The van der Waals surface area contributed by atoms with Gasteiger partial charge in [-0.25, -0.2) is 9.10 Å². The van der Waals surface area contributed by atoms with Gasteiger partial charge in [0.05, 0.1) is 18.7 Å². The number of hydrogen-bond acceptors (Lipinski definition) is 4. The monoisotopic (exact) mass is 223 g/mol. The predicted octanol–water partition coefficient (Wildman–Crippen LogP) is 1.30. The number of methoxy groups -OCH3 is 1. The third kappa shape index (κ3) is 2.33. The topological polar surface area (TPSA) is 79.3 Å². The molecule has 0 aliphatic heterocycles. The molecule has 15 heavy (non-hydrogen) atoms. The highest BCUT2D eigenvalue weighted by Gasteiger charge is 2.14. The van der Waals surface area contributed by atoms with E-state index in [0.717, 1.165) is 4.31 Å². The molecule has 5 nitrogen and oxygen atoms in total. The number of primary amides is 1. The number of nitriles is 1. The number of benzene rings is 1. The second kappa shape index (κ2) is 4.57. The summed E-state index contributed by atoms with van der Waals surface area (Å²) in [6.07, 6.45) is 0. The molecule has 0 atom stereocenters. The fourth-order valence-electron chi connectivity index (χ4n) is 1.04. The number of urea groups is 1. The first-order valence-electron chi connectivity index (χ1n) is 3.96. The van der Waals surface area contributed by atoms with E-state index in [4.69, 9.17) is 15.7 Å². The quantitative estimate of drug-likeness (QED) is 0.741. The molecule has 0 aliphatic carbocycles.